The SMILES string of the molecule is Cc1ccc(S(=O)(=O)OC(=O)[C@@H]2CC3=C(CCCC3)N2)cc1. The first kappa shape index (κ1) is 15.1. The molecule has 1 heterocycles. The molecule has 0 saturated carbocycles. The highest BCUT2D eigenvalue weighted by atomic mass is 32.2. The van der Waals surface area contributed by atoms with Gasteiger partial charge in [-0.2, -0.15) is 8.42 Å². The number of hydrogen-bond donors (Lipinski definition) is 1. The number of benzene rings is 1. The molecule has 6 heteroatoms. The highest BCUT2D eigenvalue weighted by Gasteiger charge is 2.33. The van der Waals surface area contributed by atoms with Gasteiger partial charge < -0.3 is 9.50 Å². The van der Waals surface area contributed by atoms with Crippen molar-refractivity contribution in [2.24, 2.45) is 0 Å². The van der Waals surface area contributed by atoms with E-state index in [1.165, 1.54) is 17.7 Å². The Hall–Kier alpha value is -1.82. The summed E-state index contributed by atoms with van der Waals surface area (Å²) in [5.74, 6) is -0.727. The van der Waals surface area contributed by atoms with Gasteiger partial charge in [0.15, 0.2) is 0 Å². The maximum absolute atomic E-state index is 12.2. The van der Waals surface area contributed by atoms with Crippen LogP contribution in [0.4, 0.5) is 0 Å². The topological polar surface area (TPSA) is 72.5 Å². The molecule has 0 unspecified atom stereocenters. The van der Waals surface area contributed by atoms with Crippen molar-refractivity contribution in [1.29, 1.82) is 0 Å². The third kappa shape index (κ3) is 3.02. The van der Waals surface area contributed by atoms with Gasteiger partial charge in [0.05, 0.1) is 0 Å². The van der Waals surface area contributed by atoms with Crippen LogP contribution in [0.25, 0.3) is 0 Å². The van der Waals surface area contributed by atoms with E-state index in [1.54, 1.807) is 12.1 Å². The third-order valence-corrected chi connectivity index (χ3v) is 5.40. The summed E-state index contributed by atoms with van der Waals surface area (Å²) in [6.07, 6.45) is 4.71. The monoisotopic (exact) mass is 321 g/mol. The second kappa shape index (κ2) is 5.76. The van der Waals surface area contributed by atoms with Crippen LogP contribution in [0.1, 0.15) is 37.7 Å². The number of aryl methyl sites for hydroxylation is 1. The average Bonchev–Trinajstić information content (AvgIpc) is 2.91. The molecule has 22 heavy (non-hydrogen) atoms. The highest BCUT2D eigenvalue weighted by Crippen LogP contribution is 2.32. The Morgan fingerprint density at radius 2 is 1.86 bits per heavy atom. The summed E-state index contributed by atoms with van der Waals surface area (Å²) in [6.45, 7) is 1.86. The van der Waals surface area contributed by atoms with E-state index < -0.39 is 22.1 Å². The summed E-state index contributed by atoms with van der Waals surface area (Å²) in [4.78, 5) is 12.2. The lowest BCUT2D eigenvalue weighted by atomic mass is 9.96. The first-order valence-corrected chi connectivity index (χ1v) is 8.89. The standard InChI is InChI=1S/C16H19NO4S/c1-11-6-8-13(9-7-11)22(19,20)21-16(18)15-10-12-4-2-3-5-14(12)17-15/h6-9,15,17H,2-5,10H2,1H3/t15-/m0/s1. The minimum atomic E-state index is -4.05. The third-order valence-electron chi connectivity index (χ3n) is 4.17. The van der Waals surface area contributed by atoms with Crippen LogP contribution in [0.5, 0.6) is 0 Å². The van der Waals surface area contributed by atoms with Crippen molar-refractivity contribution < 1.29 is 17.4 Å². The Labute approximate surface area is 130 Å². The molecule has 0 fully saturated rings. The Balaban J connectivity index is 1.68. The molecule has 0 amide bonds. The molecular formula is C16H19NO4S. The lowest BCUT2D eigenvalue weighted by Crippen LogP contribution is -2.34. The number of hydrogen-bond acceptors (Lipinski definition) is 5. The summed E-state index contributed by atoms with van der Waals surface area (Å²) in [5.41, 5.74) is 3.28. The Morgan fingerprint density at radius 1 is 1.18 bits per heavy atom. The van der Waals surface area contributed by atoms with E-state index >= 15 is 0 Å². The van der Waals surface area contributed by atoms with Crippen molar-refractivity contribution in [3.8, 4) is 0 Å². The molecule has 1 aromatic rings. The van der Waals surface area contributed by atoms with Crippen molar-refractivity contribution in [1.82, 2.24) is 5.32 Å². The van der Waals surface area contributed by atoms with E-state index in [-0.39, 0.29) is 4.90 Å². The molecule has 1 N–H and O–H groups in total. The molecule has 1 aliphatic heterocycles. The van der Waals surface area contributed by atoms with Gasteiger partial charge in [0.2, 0.25) is 0 Å². The second-order valence-electron chi connectivity index (χ2n) is 5.86. The quantitative estimate of drug-likeness (QED) is 0.866. The second-order valence-corrected chi connectivity index (χ2v) is 7.41. The van der Waals surface area contributed by atoms with Crippen LogP contribution in [0.15, 0.2) is 40.4 Å². The summed E-state index contributed by atoms with van der Waals surface area (Å²) in [5, 5.41) is 3.12. The van der Waals surface area contributed by atoms with Gasteiger partial charge in [-0.3, -0.25) is 0 Å². The molecule has 0 saturated heterocycles. The van der Waals surface area contributed by atoms with E-state index in [1.807, 2.05) is 6.92 Å². The smallest absolute Gasteiger partial charge is 0.344 e. The van der Waals surface area contributed by atoms with Gasteiger partial charge in [-0.1, -0.05) is 17.7 Å². The van der Waals surface area contributed by atoms with E-state index in [0.29, 0.717) is 6.42 Å². The van der Waals surface area contributed by atoms with Crippen LogP contribution < -0.4 is 5.32 Å². The number of carbonyl (C=O) groups is 1. The highest BCUT2D eigenvalue weighted by molar-refractivity contribution is 7.87. The molecule has 3 rings (SSSR count). The van der Waals surface area contributed by atoms with Gasteiger partial charge in [-0.15, -0.1) is 0 Å². The Bertz CT molecular complexity index is 701. The number of allylic oxidation sites excluding steroid dienone is 1. The van der Waals surface area contributed by atoms with Crippen LogP contribution in [0.2, 0.25) is 0 Å². The molecule has 1 atom stereocenters. The van der Waals surface area contributed by atoms with Gasteiger partial charge >= 0.3 is 16.1 Å². The lowest BCUT2D eigenvalue weighted by Gasteiger charge is -2.14. The first-order chi connectivity index (χ1) is 10.5. The van der Waals surface area contributed by atoms with E-state index in [2.05, 4.69) is 5.32 Å². The van der Waals surface area contributed by atoms with Crippen molar-refractivity contribution >= 4 is 16.1 Å². The zero-order valence-electron chi connectivity index (χ0n) is 12.5. The van der Waals surface area contributed by atoms with Gasteiger partial charge in [0.1, 0.15) is 10.9 Å². The molecule has 1 aliphatic carbocycles. The minimum absolute atomic E-state index is 0.00201. The van der Waals surface area contributed by atoms with Crippen LogP contribution in [-0.2, 0) is 19.1 Å². The Morgan fingerprint density at radius 3 is 2.55 bits per heavy atom. The van der Waals surface area contributed by atoms with Gasteiger partial charge in [0.25, 0.3) is 0 Å². The molecule has 1 aromatic carbocycles. The number of nitrogens with one attached hydrogen (secondary N) is 1. The predicted octanol–water partition coefficient (Wildman–Crippen LogP) is 2.42. The fourth-order valence-corrected chi connectivity index (χ4v) is 3.83. The van der Waals surface area contributed by atoms with Gasteiger partial charge in [-0.05, 0) is 50.3 Å². The summed E-state index contributed by atoms with van der Waals surface area (Å²) >= 11 is 0. The minimum Gasteiger partial charge on any atom is -0.375 e. The van der Waals surface area contributed by atoms with Crippen LogP contribution in [0.3, 0.4) is 0 Å². The molecule has 0 bridgehead atoms. The van der Waals surface area contributed by atoms with E-state index in [4.69, 9.17) is 4.18 Å². The normalized spacial score (nSPS) is 21.2. The van der Waals surface area contributed by atoms with Crippen molar-refractivity contribution in [2.45, 2.75) is 50.0 Å². The Kier molecular flexibility index (Phi) is 3.95. The van der Waals surface area contributed by atoms with E-state index in [0.717, 1.165) is 36.9 Å². The maximum Gasteiger partial charge on any atom is 0.344 e. The van der Waals surface area contributed by atoms with Crippen molar-refractivity contribution in [3.63, 3.8) is 0 Å². The summed E-state index contributed by atoms with van der Waals surface area (Å²) in [6, 6.07) is 5.67. The fourth-order valence-electron chi connectivity index (χ4n) is 2.94. The number of carbonyl (C=O) groups excluding carboxylic acids is 1. The molecule has 5 nitrogen and oxygen atoms in total. The predicted molar refractivity (Wildman–Crippen MR) is 81.5 cm³/mol. The molecule has 0 aromatic heterocycles. The lowest BCUT2D eigenvalue weighted by molar-refractivity contribution is -0.135. The van der Waals surface area contributed by atoms with Gasteiger partial charge in [0, 0.05) is 12.1 Å². The first-order valence-electron chi connectivity index (χ1n) is 7.48. The summed E-state index contributed by atoms with van der Waals surface area (Å²) in [7, 11) is -4.05. The average molecular weight is 321 g/mol. The molecular weight excluding hydrogens is 302 g/mol. The van der Waals surface area contributed by atoms with E-state index in [9.17, 15) is 13.2 Å². The van der Waals surface area contributed by atoms with Gasteiger partial charge in [-0.25, -0.2) is 4.79 Å². The largest absolute Gasteiger partial charge is 0.375 e. The number of rotatable bonds is 3. The molecule has 0 radical (unpaired) electrons. The van der Waals surface area contributed by atoms with Crippen molar-refractivity contribution in [2.75, 3.05) is 0 Å². The molecule has 2 aliphatic rings. The zero-order valence-corrected chi connectivity index (χ0v) is 13.3. The van der Waals surface area contributed by atoms with Crippen LogP contribution in [-0.4, -0.2) is 20.4 Å². The molecule has 118 valence electrons. The van der Waals surface area contributed by atoms with Crippen molar-refractivity contribution in [3.05, 3.63) is 41.1 Å². The molecule has 0 spiro atoms. The van der Waals surface area contributed by atoms with Crippen LogP contribution in [0, 0.1) is 6.92 Å². The maximum atomic E-state index is 12.2. The fraction of sp³-hybridized carbons (Fsp3) is 0.438. The van der Waals surface area contributed by atoms with Crippen LogP contribution >= 0.6 is 0 Å². The summed E-state index contributed by atoms with van der Waals surface area (Å²) < 4.78 is 29.1. The zero-order chi connectivity index (χ0) is 15.7.